The normalized spacial score (nSPS) is 11.8. The first-order valence-electron chi connectivity index (χ1n) is 8.10. The average molecular weight is 356 g/mol. The van der Waals surface area contributed by atoms with E-state index in [1.165, 1.54) is 4.57 Å². The van der Waals surface area contributed by atoms with Crippen molar-refractivity contribution in [2.45, 2.75) is 20.4 Å². The number of hydrogen-bond donors (Lipinski definition) is 2. The zero-order chi connectivity index (χ0) is 18.8. The van der Waals surface area contributed by atoms with Crippen molar-refractivity contribution in [3.05, 3.63) is 50.7 Å². The Balaban J connectivity index is 2.00. The maximum Gasteiger partial charge on any atom is 0.329 e. The number of imidazole rings is 1. The van der Waals surface area contributed by atoms with Gasteiger partial charge < -0.3 is 9.30 Å². The van der Waals surface area contributed by atoms with Gasteiger partial charge in [0.15, 0.2) is 11.2 Å². The second-order valence-electron chi connectivity index (χ2n) is 5.71. The molecule has 26 heavy (non-hydrogen) atoms. The minimum absolute atomic E-state index is 0.306. The van der Waals surface area contributed by atoms with Gasteiger partial charge >= 0.3 is 5.69 Å². The molecule has 3 rings (SSSR count). The van der Waals surface area contributed by atoms with E-state index in [0.29, 0.717) is 23.7 Å². The predicted molar refractivity (Wildman–Crippen MR) is 100 cm³/mol. The van der Waals surface area contributed by atoms with E-state index in [1.807, 2.05) is 38.1 Å². The molecular weight excluding hydrogens is 336 g/mol. The van der Waals surface area contributed by atoms with E-state index in [1.54, 1.807) is 18.7 Å². The number of nitrogens with zero attached hydrogens (tertiary/aromatic N) is 4. The smallest absolute Gasteiger partial charge is 0.329 e. The summed E-state index contributed by atoms with van der Waals surface area (Å²) in [5.74, 6) is 1.16. The summed E-state index contributed by atoms with van der Waals surface area (Å²) in [5.41, 5.74) is 4.21. The third-order valence-electron chi connectivity index (χ3n) is 4.15. The molecule has 0 aliphatic rings. The molecule has 3 aromatic rings. The Morgan fingerprint density at radius 1 is 1.31 bits per heavy atom. The van der Waals surface area contributed by atoms with Crippen molar-refractivity contribution in [1.82, 2.24) is 19.1 Å². The molecule has 0 aliphatic heterocycles. The SMILES string of the molecule is CCn1c(NN=C(C)c2ccc(OC)cc2)nc2c1c(=O)[nH]c(=O)n2C. The number of aromatic nitrogens is 4. The van der Waals surface area contributed by atoms with Crippen LogP contribution in [0, 0.1) is 0 Å². The van der Waals surface area contributed by atoms with E-state index in [0.717, 1.165) is 17.0 Å². The minimum atomic E-state index is -0.507. The van der Waals surface area contributed by atoms with Crippen LogP contribution < -0.4 is 21.4 Å². The van der Waals surface area contributed by atoms with Gasteiger partial charge in [-0.05, 0) is 43.7 Å². The second kappa shape index (κ2) is 6.87. The van der Waals surface area contributed by atoms with E-state index in [2.05, 4.69) is 20.5 Å². The summed E-state index contributed by atoms with van der Waals surface area (Å²) >= 11 is 0. The Morgan fingerprint density at radius 3 is 2.62 bits per heavy atom. The van der Waals surface area contributed by atoms with Gasteiger partial charge in [-0.3, -0.25) is 14.3 Å². The molecule has 0 aliphatic carbocycles. The summed E-state index contributed by atoms with van der Waals surface area (Å²) in [5, 5.41) is 4.35. The molecule has 0 bridgehead atoms. The summed E-state index contributed by atoms with van der Waals surface area (Å²) in [6, 6.07) is 7.50. The highest BCUT2D eigenvalue weighted by Crippen LogP contribution is 2.16. The summed E-state index contributed by atoms with van der Waals surface area (Å²) in [6.45, 7) is 4.24. The summed E-state index contributed by atoms with van der Waals surface area (Å²) in [6.07, 6.45) is 0. The third-order valence-corrected chi connectivity index (χ3v) is 4.15. The van der Waals surface area contributed by atoms with E-state index in [4.69, 9.17) is 4.74 Å². The average Bonchev–Trinajstić information content (AvgIpc) is 3.03. The zero-order valence-corrected chi connectivity index (χ0v) is 15.0. The zero-order valence-electron chi connectivity index (χ0n) is 15.0. The van der Waals surface area contributed by atoms with Gasteiger partial charge in [0.1, 0.15) is 5.75 Å². The number of anilines is 1. The molecule has 0 saturated heterocycles. The first kappa shape index (κ1) is 17.5. The third kappa shape index (κ3) is 2.99. The first-order chi connectivity index (χ1) is 12.5. The van der Waals surface area contributed by atoms with Crippen LogP contribution in [-0.4, -0.2) is 31.9 Å². The van der Waals surface area contributed by atoms with Gasteiger partial charge in [0.2, 0.25) is 5.95 Å². The van der Waals surface area contributed by atoms with E-state index in [-0.39, 0.29) is 0 Å². The number of nitrogens with one attached hydrogen (secondary N) is 2. The summed E-state index contributed by atoms with van der Waals surface area (Å²) in [7, 11) is 3.17. The Morgan fingerprint density at radius 2 is 2.00 bits per heavy atom. The monoisotopic (exact) mass is 356 g/mol. The molecule has 0 fully saturated rings. The number of aromatic amines is 1. The van der Waals surface area contributed by atoms with Crippen LogP contribution in [-0.2, 0) is 13.6 Å². The number of hydrogen-bond acceptors (Lipinski definition) is 6. The maximum atomic E-state index is 12.2. The molecular formula is C17H20N6O3. The van der Waals surface area contributed by atoms with Crippen LogP contribution in [0.2, 0.25) is 0 Å². The van der Waals surface area contributed by atoms with Gasteiger partial charge in [0, 0.05) is 13.6 Å². The van der Waals surface area contributed by atoms with Crippen LogP contribution in [0.1, 0.15) is 19.4 Å². The number of rotatable bonds is 5. The van der Waals surface area contributed by atoms with Crippen LogP contribution in [0.25, 0.3) is 11.2 Å². The van der Waals surface area contributed by atoms with E-state index in [9.17, 15) is 9.59 Å². The highest BCUT2D eigenvalue weighted by atomic mass is 16.5. The highest BCUT2D eigenvalue weighted by molar-refractivity contribution is 5.99. The Hall–Kier alpha value is -3.36. The standard InChI is InChI=1S/C17H20N6O3/c1-5-23-13-14(22(3)17(25)19-15(13)24)18-16(23)21-20-10(2)11-6-8-12(26-4)9-7-11/h6-9H,5H2,1-4H3,(H,18,21)(H,19,24,25). The van der Waals surface area contributed by atoms with Crippen LogP contribution in [0.15, 0.2) is 39.0 Å². The molecule has 9 nitrogen and oxygen atoms in total. The lowest BCUT2D eigenvalue weighted by atomic mass is 10.1. The number of ether oxygens (including phenoxy) is 1. The fourth-order valence-corrected chi connectivity index (χ4v) is 2.66. The Kier molecular flexibility index (Phi) is 4.61. The van der Waals surface area contributed by atoms with Crippen molar-refractivity contribution >= 4 is 22.8 Å². The van der Waals surface area contributed by atoms with Crippen molar-refractivity contribution in [3.63, 3.8) is 0 Å². The maximum absolute atomic E-state index is 12.2. The fourth-order valence-electron chi connectivity index (χ4n) is 2.66. The number of aryl methyl sites for hydroxylation is 2. The molecule has 0 amide bonds. The largest absolute Gasteiger partial charge is 0.497 e. The van der Waals surface area contributed by atoms with Crippen LogP contribution in [0.4, 0.5) is 5.95 Å². The van der Waals surface area contributed by atoms with Gasteiger partial charge in [-0.2, -0.15) is 10.1 Å². The number of benzene rings is 1. The molecule has 0 radical (unpaired) electrons. The van der Waals surface area contributed by atoms with Crippen LogP contribution in [0.5, 0.6) is 5.75 Å². The molecule has 0 spiro atoms. The Bertz CT molecular complexity index is 1090. The van der Waals surface area contributed by atoms with Crippen molar-refractivity contribution < 1.29 is 4.74 Å². The van der Waals surface area contributed by atoms with Gasteiger partial charge in [-0.1, -0.05) is 0 Å². The lowest BCUT2D eigenvalue weighted by molar-refractivity contribution is 0.415. The molecule has 2 heterocycles. The van der Waals surface area contributed by atoms with Gasteiger partial charge in [0.05, 0.1) is 12.8 Å². The summed E-state index contributed by atoms with van der Waals surface area (Å²) < 4.78 is 8.12. The number of hydrazone groups is 1. The van der Waals surface area contributed by atoms with E-state index < -0.39 is 11.2 Å². The van der Waals surface area contributed by atoms with Gasteiger partial charge in [-0.25, -0.2) is 10.2 Å². The highest BCUT2D eigenvalue weighted by Gasteiger charge is 2.16. The van der Waals surface area contributed by atoms with Crippen LogP contribution >= 0.6 is 0 Å². The van der Waals surface area contributed by atoms with Gasteiger partial charge in [-0.15, -0.1) is 0 Å². The van der Waals surface area contributed by atoms with Crippen molar-refractivity contribution in [3.8, 4) is 5.75 Å². The van der Waals surface area contributed by atoms with Crippen molar-refractivity contribution in [1.29, 1.82) is 0 Å². The number of methoxy groups -OCH3 is 1. The molecule has 2 aromatic heterocycles. The van der Waals surface area contributed by atoms with Crippen molar-refractivity contribution in [2.24, 2.45) is 12.1 Å². The quantitative estimate of drug-likeness (QED) is 0.529. The van der Waals surface area contributed by atoms with Crippen LogP contribution in [0.3, 0.4) is 0 Å². The predicted octanol–water partition coefficient (Wildman–Crippen LogP) is 1.29. The van der Waals surface area contributed by atoms with Crippen molar-refractivity contribution in [2.75, 3.05) is 12.5 Å². The lowest BCUT2D eigenvalue weighted by Gasteiger charge is -2.06. The fraction of sp³-hybridized carbons (Fsp3) is 0.294. The molecule has 136 valence electrons. The lowest BCUT2D eigenvalue weighted by Crippen LogP contribution is -2.29. The number of fused-ring (bicyclic) bond motifs is 1. The first-order valence-corrected chi connectivity index (χ1v) is 8.10. The van der Waals surface area contributed by atoms with E-state index >= 15 is 0 Å². The molecule has 0 unspecified atom stereocenters. The molecule has 0 atom stereocenters. The molecule has 9 heteroatoms. The molecule has 1 aromatic carbocycles. The summed E-state index contributed by atoms with van der Waals surface area (Å²) in [4.78, 5) is 30.6. The van der Waals surface area contributed by atoms with Gasteiger partial charge in [0.25, 0.3) is 5.56 Å². The number of H-pyrrole nitrogens is 1. The molecule has 2 N–H and O–H groups in total. The minimum Gasteiger partial charge on any atom is -0.497 e. The Labute approximate surface area is 148 Å². The second-order valence-corrected chi connectivity index (χ2v) is 5.71. The topological polar surface area (TPSA) is 106 Å². The molecule has 0 saturated carbocycles.